The summed E-state index contributed by atoms with van der Waals surface area (Å²) in [7, 11) is 0. The van der Waals surface area contributed by atoms with Crippen molar-refractivity contribution in [1.82, 2.24) is 5.32 Å². The summed E-state index contributed by atoms with van der Waals surface area (Å²) in [5.74, 6) is 0.981. The van der Waals surface area contributed by atoms with Crippen LogP contribution in [0.1, 0.15) is 22.8 Å². The molecule has 0 bridgehead atoms. The van der Waals surface area contributed by atoms with E-state index in [1.54, 1.807) is 12.1 Å². The number of hydrogen-bond acceptors (Lipinski definition) is 4. The number of nitrogens with one attached hydrogen (secondary N) is 1. The van der Waals surface area contributed by atoms with E-state index in [2.05, 4.69) is 16.1 Å². The van der Waals surface area contributed by atoms with Gasteiger partial charge in [0.1, 0.15) is 11.5 Å². The maximum absolute atomic E-state index is 12.2. The predicted molar refractivity (Wildman–Crippen MR) is 85.4 cm³/mol. The highest BCUT2D eigenvalue weighted by atomic mass is 19.3. The minimum absolute atomic E-state index is 0.0418. The molecule has 0 saturated heterocycles. The van der Waals surface area contributed by atoms with E-state index in [0.717, 1.165) is 24.3 Å². The molecule has 0 spiro atoms. The summed E-state index contributed by atoms with van der Waals surface area (Å²) in [5, 5.41) is 13.4. The molecule has 2 N–H and O–H groups in total. The van der Waals surface area contributed by atoms with E-state index in [1.807, 2.05) is 12.1 Å². The second-order valence-corrected chi connectivity index (χ2v) is 5.64. The van der Waals surface area contributed by atoms with Crippen LogP contribution in [-0.4, -0.2) is 24.9 Å². The third-order valence-corrected chi connectivity index (χ3v) is 3.89. The van der Waals surface area contributed by atoms with Gasteiger partial charge in [0.25, 0.3) is 0 Å². The molecule has 4 nitrogen and oxygen atoms in total. The molecule has 0 radical (unpaired) electrons. The summed E-state index contributed by atoms with van der Waals surface area (Å²) in [6.07, 6.45) is 0.118. The Morgan fingerprint density at radius 2 is 2.08 bits per heavy atom. The summed E-state index contributed by atoms with van der Waals surface area (Å²) in [6.45, 7) is -1.23. The van der Waals surface area contributed by atoms with Gasteiger partial charge < -0.3 is 19.9 Å². The Bertz CT molecular complexity index is 694. The minimum atomic E-state index is -2.88. The first-order valence-electron chi connectivity index (χ1n) is 7.80. The maximum atomic E-state index is 12.2. The summed E-state index contributed by atoms with van der Waals surface area (Å²) in [4.78, 5) is 0. The highest BCUT2D eigenvalue weighted by Crippen LogP contribution is 2.26. The fourth-order valence-electron chi connectivity index (χ4n) is 2.72. The minimum Gasteiger partial charge on any atom is -0.493 e. The van der Waals surface area contributed by atoms with E-state index in [0.29, 0.717) is 18.7 Å². The number of hydrogen-bond donors (Lipinski definition) is 2. The lowest BCUT2D eigenvalue weighted by molar-refractivity contribution is -0.0499. The zero-order chi connectivity index (χ0) is 16.9. The zero-order valence-corrected chi connectivity index (χ0v) is 13.0. The van der Waals surface area contributed by atoms with Crippen LogP contribution in [0.25, 0.3) is 0 Å². The van der Waals surface area contributed by atoms with Gasteiger partial charge in [0.05, 0.1) is 12.7 Å². The average molecular weight is 335 g/mol. The van der Waals surface area contributed by atoms with E-state index in [-0.39, 0.29) is 5.75 Å². The van der Waals surface area contributed by atoms with Crippen LogP contribution in [0.5, 0.6) is 11.5 Å². The maximum Gasteiger partial charge on any atom is 0.387 e. The van der Waals surface area contributed by atoms with Crippen LogP contribution >= 0.6 is 0 Å². The van der Waals surface area contributed by atoms with Crippen LogP contribution in [0.3, 0.4) is 0 Å². The molecule has 0 fully saturated rings. The normalized spacial score (nSPS) is 14.3. The van der Waals surface area contributed by atoms with Gasteiger partial charge in [0, 0.05) is 19.5 Å². The van der Waals surface area contributed by atoms with Crippen molar-refractivity contribution in [2.24, 2.45) is 0 Å². The molecule has 0 amide bonds. The number of fused-ring (bicyclic) bond motifs is 1. The lowest BCUT2D eigenvalue weighted by Crippen LogP contribution is -2.21. The second-order valence-electron chi connectivity index (χ2n) is 5.64. The van der Waals surface area contributed by atoms with Crippen molar-refractivity contribution >= 4 is 0 Å². The first-order valence-corrected chi connectivity index (χ1v) is 7.80. The molecular formula is C18H19F2NO3. The Hall–Kier alpha value is -2.18. The summed E-state index contributed by atoms with van der Waals surface area (Å²) in [5.41, 5.74) is 2.84. The first-order chi connectivity index (χ1) is 11.6. The topological polar surface area (TPSA) is 50.7 Å². The Kier molecular flexibility index (Phi) is 5.27. The van der Waals surface area contributed by atoms with Crippen LogP contribution in [0.4, 0.5) is 8.78 Å². The largest absolute Gasteiger partial charge is 0.493 e. The molecule has 2 aromatic carbocycles. The highest BCUT2D eigenvalue weighted by molar-refractivity contribution is 5.39. The van der Waals surface area contributed by atoms with Crippen molar-refractivity contribution in [3.8, 4) is 11.5 Å². The molecule has 0 aromatic heterocycles. The third kappa shape index (κ3) is 4.21. The lowest BCUT2D eigenvalue weighted by Gasteiger charge is -2.14. The molecule has 0 saturated carbocycles. The fourth-order valence-corrected chi connectivity index (χ4v) is 2.72. The van der Waals surface area contributed by atoms with Crippen LogP contribution in [0.2, 0.25) is 0 Å². The van der Waals surface area contributed by atoms with Crippen molar-refractivity contribution in [1.29, 1.82) is 0 Å². The number of aliphatic hydroxyl groups excluding tert-OH is 1. The fraction of sp³-hybridized carbons (Fsp3) is 0.333. The Balaban J connectivity index is 1.53. The number of halogens is 2. The average Bonchev–Trinajstić information content (AvgIpc) is 3.02. The van der Waals surface area contributed by atoms with Gasteiger partial charge in [-0.2, -0.15) is 8.78 Å². The summed E-state index contributed by atoms with van der Waals surface area (Å²) in [6, 6.07) is 12.2. The van der Waals surface area contributed by atoms with E-state index >= 15 is 0 Å². The first kappa shape index (κ1) is 16.7. The smallest absolute Gasteiger partial charge is 0.387 e. The Morgan fingerprint density at radius 1 is 1.21 bits per heavy atom. The summed E-state index contributed by atoms with van der Waals surface area (Å²) >= 11 is 0. The molecule has 6 heteroatoms. The van der Waals surface area contributed by atoms with E-state index < -0.39 is 12.7 Å². The van der Waals surface area contributed by atoms with Crippen molar-refractivity contribution in [3.05, 3.63) is 59.2 Å². The van der Waals surface area contributed by atoms with Crippen LogP contribution in [-0.2, 0) is 13.0 Å². The standard InChI is InChI=1S/C18H19F2NO3/c19-18(20)24-15-3-1-2-13(9-15)16(22)11-21-10-12-4-5-17-14(8-12)6-7-23-17/h1-5,8-9,16,18,21-22H,6-7,10-11H2. The molecular weight excluding hydrogens is 316 g/mol. The molecule has 1 aliphatic heterocycles. The van der Waals surface area contributed by atoms with Gasteiger partial charge in [0.2, 0.25) is 0 Å². The molecule has 1 unspecified atom stereocenters. The second kappa shape index (κ2) is 7.59. The van der Waals surface area contributed by atoms with Crippen LogP contribution in [0.15, 0.2) is 42.5 Å². The zero-order valence-electron chi connectivity index (χ0n) is 13.0. The van der Waals surface area contributed by atoms with Gasteiger partial charge in [-0.3, -0.25) is 0 Å². The van der Waals surface area contributed by atoms with Gasteiger partial charge in [-0.05, 0) is 34.9 Å². The van der Waals surface area contributed by atoms with E-state index in [1.165, 1.54) is 17.7 Å². The molecule has 1 heterocycles. The van der Waals surface area contributed by atoms with Crippen molar-refractivity contribution in [2.75, 3.05) is 13.2 Å². The Morgan fingerprint density at radius 3 is 2.92 bits per heavy atom. The molecule has 0 aliphatic carbocycles. The molecule has 128 valence electrons. The number of ether oxygens (including phenoxy) is 2. The quantitative estimate of drug-likeness (QED) is 0.817. The van der Waals surface area contributed by atoms with Crippen LogP contribution < -0.4 is 14.8 Å². The SMILES string of the molecule is OC(CNCc1ccc2c(c1)CCO2)c1cccc(OC(F)F)c1. The van der Waals surface area contributed by atoms with Gasteiger partial charge in [0.15, 0.2) is 0 Å². The number of rotatable bonds is 7. The predicted octanol–water partition coefficient (Wildman–Crippen LogP) is 3.05. The van der Waals surface area contributed by atoms with Crippen molar-refractivity contribution < 1.29 is 23.4 Å². The number of benzene rings is 2. The van der Waals surface area contributed by atoms with E-state index in [9.17, 15) is 13.9 Å². The van der Waals surface area contributed by atoms with Gasteiger partial charge in [-0.25, -0.2) is 0 Å². The van der Waals surface area contributed by atoms with Crippen molar-refractivity contribution in [2.45, 2.75) is 25.7 Å². The number of alkyl halides is 2. The molecule has 24 heavy (non-hydrogen) atoms. The number of aliphatic hydroxyl groups is 1. The lowest BCUT2D eigenvalue weighted by atomic mass is 10.1. The van der Waals surface area contributed by atoms with Crippen LogP contribution in [0, 0.1) is 0 Å². The Labute approximate surface area is 139 Å². The van der Waals surface area contributed by atoms with Gasteiger partial charge in [-0.15, -0.1) is 0 Å². The molecule has 1 aliphatic rings. The molecule has 1 atom stereocenters. The van der Waals surface area contributed by atoms with E-state index in [4.69, 9.17) is 4.74 Å². The molecule has 2 aromatic rings. The van der Waals surface area contributed by atoms with Crippen molar-refractivity contribution in [3.63, 3.8) is 0 Å². The highest BCUT2D eigenvalue weighted by Gasteiger charge is 2.13. The summed E-state index contributed by atoms with van der Waals surface area (Å²) < 4.78 is 34.3. The van der Waals surface area contributed by atoms with Gasteiger partial charge in [-0.1, -0.05) is 24.3 Å². The molecule has 3 rings (SSSR count). The van der Waals surface area contributed by atoms with Gasteiger partial charge >= 0.3 is 6.61 Å². The third-order valence-electron chi connectivity index (χ3n) is 3.89. The monoisotopic (exact) mass is 335 g/mol.